The van der Waals surface area contributed by atoms with Crippen LogP contribution in [0.5, 0.6) is 11.5 Å². The number of nitrogens with one attached hydrogen (secondary N) is 1. The molecule has 3 rings (SSSR count). The SMILES string of the molecule is COc1cc2c(cc1O)C1(C)CCNC(C2)C1(C)C. The molecule has 0 aromatic heterocycles. The van der Waals surface area contributed by atoms with E-state index in [-0.39, 0.29) is 16.6 Å². The number of piperidine rings is 1. The minimum atomic E-state index is 0.111. The number of ether oxygens (including phenoxy) is 1. The van der Waals surface area contributed by atoms with Crippen molar-refractivity contribution in [1.29, 1.82) is 0 Å². The second-order valence-corrected chi connectivity index (χ2v) is 6.70. The van der Waals surface area contributed by atoms with Gasteiger partial charge in [0.2, 0.25) is 0 Å². The first-order valence-corrected chi connectivity index (χ1v) is 7.04. The van der Waals surface area contributed by atoms with Gasteiger partial charge in [0.25, 0.3) is 0 Å². The van der Waals surface area contributed by atoms with E-state index < -0.39 is 0 Å². The van der Waals surface area contributed by atoms with Crippen molar-refractivity contribution in [2.45, 2.75) is 45.1 Å². The number of benzene rings is 1. The Morgan fingerprint density at radius 1 is 1.32 bits per heavy atom. The van der Waals surface area contributed by atoms with Crippen LogP contribution in [0.4, 0.5) is 0 Å². The highest BCUT2D eigenvalue weighted by Crippen LogP contribution is 2.55. The van der Waals surface area contributed by atoms with Crippen LogP contribution in [0, 0.1) is 5.41 Å². The van der Waals surface area contributed by atoms with Crippen molar-refractivity contribution in [3.8, 4) is 11.5 Å². The van der Waals surface area contributed by atoms with Gasteiger partial charge in [0.05, 0.1) is 7.11 Å². The zero-order valence-corrected chi connectivity index (χ0v) is 12.2. The Kier molecular flexibility index (Phi) is 2.62. The predicted molar refractivity (Wildman–Crippen MR) is 75.9 cm³/mol. The van der Waals surface area contributed by atoms with E-state index in [4.69, 9.17) is 4.74 Å². The molecule has 2 N–H and O–H groups in total. The predicted octanol–water partition coefficient (Wildman–Crippen LogP) is 2.60. The minimum absolute atomic E-state index is 0.111. The zero-order chi connectivity index (χ0) is 13.8. The average molecular weight is 261 g/mol. The number of phenolic OH excluding ortho intramolecular Hbond substituents is 1. The number of aromatic hydroxyl groups is 1. The second kappa shape index (κ2) is 3.89. The number of phenols is 1. The molecule has 1 saturated heterocycles. The molecule has 3 nitrogen and oxygen atoms in total. The van der Waals surface area contributed by atoms with Gasteiger partial charge < -0.3 is 15.2 Å². The van der Waals surface area contributed by atoms with Gasteiger partial charge in [0.15, 0.2) is 11.5 Å². The lowest BCUT2D eigenvalue weighted by molar-refractivity contribution is 0.0556. The van der Waals surface area contributed by atoms with E-state index in [1.54, 1.807) is 7.11 Å². The van der Waals surface area contributed by atoms with E-state index in [1.807, 2.05) is 12.1 Å². The molecule has 0 amide bonds. The molecular formula is C16H23NO2. The molecule has 2 unspecified atom stereocenters. The first-order valence-electron chi connectivity index (χ1n) is 7.04. The molecule has 19 heavy (non-hydrogen) atoms. The van der Waals surface area contributed by atoms with E-state index in [9.17, 15) is 5.11 Å². The van der Waals surface area contributed by atoms with Crippen LogP contribution in [-0.4, -0.2) is 24.8 Å². The van der Waals surface area contributed by atoms with Crippen molar-refractivity contribution < 1.29 is 9.84 Å². The zero-order valence-electron chi connectivity index (χ0n) is 12.2. The van der Waals surface area contributed by atoms with Crippen LogP contribution < -0.4 is 10.1 Å². The lowest BCUT2D eigenvalue weighted by Crippen LogP contribution is -2.62. The molecule has 1 aromatic carbocycles. The molecule has 1 aliphatic carbocycles. The summed E-state index contributed by atoms with van der Waals surface area (Å²) in [6, 6.07) is 4.43. The Morgan fingerprint density at radius 2 is 2.05 bits per heavy atom. The average Bonchev–Trinajstić information content (AvgIpc) is 2.34. The lowest BCUT2D eigenvalue weighted by atomic mass is 9.51. The summed E-state index contributed by atoms with van der Waals surface area (Å²) in [5, 5.41) is 13.8. The Morgan fingerprint density at radius 3 is 2.74 bits per heavy atom. The summed E-state index contributed by atoms with van der Waals surface area (Å²) in [7, 11) is 1.61. The topological polar surface area (TPSA) is 41.5 Å². The summed E-state index contributed by atoms with van der Waals surface area (Å²) in [5.74, 6) is 0.843. The summed E-state index contributed by atoms with van der Waals surface area (Å²) >= 11 is 0. The summed E-state index contributed by atoms with van der Waals surface area (Å²) in [5.41, 5.74) is 2.92. The molecule has 1 aromatic rings. The van der Waals surface area contributed by atoms with Crippen molar-refractivity contribution in [3.63, 3.8) is 0 Å². The third kappa shape index (κ3) is 1.54. The Hall–Kier alpha value is -1.22. The quantitative estimate of drug-likeness (QED) is 0.816. The van der Waals surface area contributed by atoms with Crippen LogP contribution in [0.25, 0.3) is 0 Å². The number of rotatable bonds is 1. The smallest absolute Gasteiger partial charge is 0.160 e. The Balaban J connectivity index is 2.21. The molecule has 1 heterocycles. The minimum Gasteiger partial charge on any atom is -0.504 e. The summed E-state index contributed by atoms with van der Waals surface area (Å²) in [6.07, 6.45) is 2.11. The van der Waals surface area contributed by atoms with Gasteiger partial charge in [-0.25, -0.2) is 0 Å². The van der Waals surface area contributed by atoms with E-state index in [1.165, 1.54) is 11.1 Å². The van der Waals surface area contributed by atoms with Crippen LogP contribution in [-0.2, 0) is 11.8 Å². The van der Waals surface area contributed by atoms with Crippen LogP contribution in [0.1, 0.15) is 38.3 Å². The Labute approximate surface area is 115 Å². The standard InChI is InChI=1S/C16H23NO2/c1-15(2)14-8-10-7-13(19-4)12(18)9-11(10)16(15,3)5-6-17-14/h7,9,14,17-18H,5-6,8H2,1-4H3. The van der Waals surface area contributed by atoms with Gasteiger partial charge >= 0.3 is 0 Å². The number of fused-ring (bicyclic) bond motifs is 4. The molecule has 0 spiro atoms. The summed E-state index contributed by atoms with van der Waals surface area (Å²) < 4.78 is 5.25. The molecule has 1 aliphatic heterocycles. The van der Waals surface area contributed by atoms with Crippen LogP contribution >= 0.6 is 0 Å². The summed E-state index contributed by atoms with van der Waals surface area (Å²) in [4.78, 5) is 0. The molecule has 2 atom stereocenters. The van der Waals surface area contributed by atoms with Crippen LogP contribution in [0.15, 0.2) is 12.1 Å². The number of methoxy groups -OCH3 is 1. The third-order valence-corrected chi connectivity index (χ3v) is 5.73. The van der Waals surface area contributed by atoms with E-state index >= 15 is 0 Å². The molecule has 2 aliphatic rings. The highest BCUT2D eigenvalue weighted by atomic mass is 16.5. The highest BCUT2D eigenvalue weighted by molar-refractivity contribution is 5.52. The van der Waals surface area contributed by atoms with Crippen molar-refractivity contribution in [1.82, 2.24) is 5.32 Å². The van der Waals surface area contributed by atoms with Gasteiger partial charge in [-0.3, -0.25) is 0 Å². The van der Waals surface area contributed by atoms with Crippen molar-refractivity contribution >= 4 is 0 Å². The van der Waals surface area contributed by atoms with Gasteiger partial charge in [-0.05, 0) is 48.1 Å². The molecule has 0 saturated carbocycles. The van der Waals surface area contributed by atoms with Crippen molar-refractivity contribution in [2.75, 3.05) is 13.7 Å². The number of hydrogen-bond donors (Lipinski definition) is 2. The molecule has 2 bridgehead atoms. The van der Waals surface area contributed by atoms with Crippen molar-refractivity contribution in [2.24, 2.45) is 5.41 Å². The summed E-state index contributed by atoms with van der Waals surface area (Å²) in [6.45, 7) is 8.07. The molecule has 104 valence electrons. The lowest BCUT2D eigenvalue weighted by Gasteiger charge is -2.57. The van der Waals surface area contributed by atoms with Gasteiger partial charge in [-0.15, -0.1) is 0 Å². The molecule has 1 fully saturated rings. The fourth-order valence-corrected chi connectivity index (χ4v) is 3.94. The maximum Gasteiger partial charge on any atom is 0.160 e. The van der Waals surface area contributed by atoms with E-state index in [0.717, 1.165) is 19.4 Å². The van der Waals surface area contributed by atoms with Crippen LogP contribution in [0.3, 0.4) is 0 Å². The highest BCUT2D eigenvalue weighted by Gasteiger charge is 2.53. The van der Waals surface area contributed by atoms with Gasteiger partial charge in [-0.1, -0.05) is 20.8 Å². The third-order valence-electron chi connectivity index (χ3n) is 5.73. The number of hydrogen-bond acceptors (Lipinski definition) is 3. The largest absolute Gasteiger partial charge is 0.504 e. The fraction of sp³-hybridized carbons (Fsp3) is 0.625. The normalized spacial score (nSPS) is 31.7. The van der Waals surface area contributed by atoms with Gasteiger partial charge in [0, 0.05) is 11.5 Å². The first-order chi connectivity index (χ1) is 8.90. The Bertz CT molecular complexity index is 524. The second-order valence-electron chi connectivity index (χ2n) is 6.70. The van der Waals surface area contributed by atoms with Crippen molar-refractivity contribution in [3.05, 3.63) is 23.3 Å². The van der Waals surface area contributed by atoms with E-state index in [0.29, 0.717) is 11.8 Å². The van der Waals surface area contributed by atoms with Gasteiger partial charge in [0.1, 0.15) is 0 Å². The van der Waals surface area contributed by atoms with E-state index in [2.05, 4.69) is 26.1 Å². The molecular weight excluding hydrogens is 238 g/mol. The molecule has 0 radical (unpaired) electrons. The maximum absolute atomic E-state index is 10.1. The first kappa shape index (κ1) is 12.8. The fourth-order valence-electron chi connectivity index (χ4n) is 3.94. The monoisotopic (exact) mass is 261 g/mol. The van der Waals surface area contributed by atoms with Crippen LogP contribution in [0.2, 0.25) is 0 Å². The molecule has 3 heteroatoms. The maximum atomic E-state index is 10.1. The van der Waals surface area contributed by atoms with Gasteiger partial charge in [-0.2, -0.15) is 0 Å².